The molecule has 0 amide bonds. The average molecular weight is 333 g/mol. The zero-order valence-electron chi connectivity index (χ0n) is 12.0. The molecule has 106 valence electrons. The molecule has 3 N–H and O–H groups in total. The molecule has 0 saturated heterocycles. The van der Waals surface area contributed by atoms with Gasteiger partial charge in [0.15, 0.2) is 0 Å². The number of nitrogens with one attached hydrogen (secondary N) is 1. The summed E-state index contributed by atoms with van der Waals surface area (Å²) in [6.45, 7) is 6.25. The van der Waals surface area contributed by atoms with Crippen molar-refractivity contribution in [3.05, 3.63) is 64.1 Å². The Balaban J connectivity index is 1.96. The normalized spacial score (nSPS) is 11.6. The Hall–Kier alpha value is -1.32. The first-order chi connectivity index (χ1) is 9.47. The lowest BCUT2D eigenvalue weighted by Gasteiger charge is -2.26. The minimum absolute atomic E-state index is 0.0874. The van der Waals surface area contributed by atoms with E-state index in [0.29, 0.717) is 0 Å². The van der Waals surface area contributed by atoms with Crippen LogP contribution in [0.15, 0.2) is 53.0 Å². The van der Waals surface area contributed by atoms with E-state index >= 15 is 0 Å². The highest BCUT2D eigenvalue weighted by atomic mass is 79.9. The number of rotatable bonds is 5. The van der Waals surface area contributed by atoms with Gasteiger partial charge in [-0.2, -0.15) is 0 Å². The van der Waals surface area contributed by atoms with Crippen LogP contribution in [0.1, 0.15) is 25.0 Å². The second-order valence-corrected chi connectivity index (χ2v) is 6.66. The maximum absolute atomic E-state index is 5.79. The van der Waals surface area contributed by atoms with Gasteiger partial charge in [0.2, 0.25) is 0 Å². The molecule has 20 heavy (non-hydrogen) atoms. The third kappa shape index (κ3) is 4.09. The second-order valence-electron chi connectivity index (χ2n) is 5.74. The number of nitrogen functional groups attached to an aromatic ring is 1. The third-order valence-electron chi connectivity index (χ3n) is 3.45. The molecule has 2 aromatic rings. The Morgan fingerprint density at radius 1 is 1.10 bits per heavy atom. The van der Waals surface area contributed by atoms with Gasteiger partial charge in [-0.05, 0) is 35.4 Å². The van der Waals surface area contributed by atoms with Gasteiger partial charge >= 0.3 is 0 Å². The van der Waals surface area contributed by atoms with Crippen molar-refractivity contribution in [2.75, 3.05) is 12.3 Å². The summed E-state index contributed by atoms with van der Waals surface area (Å²) in [5, 5.41) is 3.52. The monoisotopic (exact) mass is 332 g/mol. The molecule has 3 heteroatoms. The Bertz CT molecular complexity index is 579. The van der Waals surface area contributed by atoms with Gasteiger partial charge < -0.3 is 11.1 Å². The topological polar surface area (TPSA) is 38.0 Å². The highest BCUT2D eigenvalue weighted by molar-refractivity contribution is 9.10. The Kier molecular flexibility index (Phi) is 4.84. The van der Waals surface area contributed by atoms with E-state index in [-0.39, 0.29) is 5.41 Å². The maximum Gasteiger partial charge on any atom is 0.0317 e. The molecule has 0 radical (unpaired) electrons. The van der Waals surface area contributed by atoms with Gasteiger partial charge in [-0.25, -0.2) is 0 Å². The smallest absolute Gasteiger partial charge is 0.0317 e. The van der Waals surface area contributed by atoms with E-state index in [2.05, 4.69) is 65.4 Å². The summed E-state index contributed by atoms with van der Waals surface area (Å²) >= 11 is 3.53. The van der Waals surface area contributed by atoms with E-state index < -0.39 is 0 Å². The van der Waals surface area contributed by atoms with Crippen LogP contribution in [0, 0.1) is 0 Å². The van der Waals surface area contributed by atoms with Gasteiger partial charge in [0.25, 0.3) is 0 Å². The van der Waals surface area contributed by atoms with Crippen molar-refractivity contribution in [3.63, 3.8) is 0 Å². The van der Waals surface area contributed by atoms with Crippen LogP contribution in [0.3, 0.4) is 0 Å². The van der Waals surface area contributed by atoms with Crippen molar-refractivity contribution in [1.82, 2.24) is 5.32 Å². The van der Waals surface area contributed by atoms with Crippen molar-refractivity contribution >= 4 is 21.6 Å². The first-order valence-electron chi connectivity index (χ1n) is 6.78. The molecule has 0 heterocycles. The average Bonchev–Trinajstić information content (AvgIpc) is 2.38. The first kappa shape index (κ1) is 15.1. The van der Waals surface area contributed by atoms with Gasteiger partial charge in [0.05, 0.1) is 0 Å². The van der Waals surface area contributed by atoms with Crippen molar-refractivity contribution < 1.29 is 0 Å². The number of hydrogen-bond acceptors (Lipinski definition) is 2. The number of nitrogens with two attached hydrogens (primary N) is 1. The van der Waals surface area contributed by atoms with Crippen LogP contribution < -0.4 is 11.1 Å². The van der Waals surface area contributed by atoms with Crippen molar-refractivity contribution in [2.24, 2.45) is 0 Å². The van der Waals surface area contributed by atoms with Crippen molar-refractivity contribution in [3.8, 4) is 0 Å². The summed E-state index contributed by atoms with van der Waals surface area (Å²) in [4.78, 5) is 0. The minimum Gasteiger partial charge on any atom is -0.399 e. The molecule has 0 unspecified atom stereocenters. The van der Waals surface area contributed by atoms with Gasteiger partial charge in [0.1, 0.15) is 0 Å². The zero-order chi connectivity index (χ0) is 14.6. The van der Waals surface area contributed by atoms with E-state index in [4.69, 9.17) is 5.73 Å². The zero-order valence-corrected chi connectivity index (χ0v) is 13.6. The Morgan fingerprint density at radius 3 is 2.55 bits per heavy atom. The van der Waals surface area contributed by atoms with Crippen LogP contribution >= 0.6 is 15.9 Å². The molecule has 0 aliphatic heterocycles. The summed E-state index contributed by atoms with van der Waals surface area (Å²) in [6, 6.07) is 16.5. The Labute approximate surface area is 129 Å². The van der Waals surface area contributed by atoms with E-state index in [1.807, 2.05) is 18.2 Å². The first-order valence-corrected chi connectivity index (χ1v) is 7.58. The summed E-state index contributed by atoms with van der Waals surface area (Å²) in [6.07, 6.45) is 0. The fourth-order valence-corrected chi connectivity index (χ4v) is 2.63. The standard InChI is InChI=1S/C17H21BrN2/c1-17(2,14-6-4-7-15(18)10-14)12-20-11-13-5-3-8-16(19)9-13/h3-10,20H,11-12,19H2,1-2H3. The summed E-state index contributed by atoms with van der Waals surface area (Å²) in [5.74, 6) is 0. The molecule has 0 saturated carbocycles. The van der Waals surface area contributed by atoms with Gasteiger partial charge in [-0.3, -0.25) is 0 Å². The number of anilines is 1. The molecule has 2 nitrogen and oxygen atoms in total. The highest BCUT2D eigenvalue weighted by Gasteiger charge is 2.20. The van der Waals surface area contributed by atoms with Crippen LogP contribution in [0.2, 0.25) is 0 Å². The van der Waals surface area contributed by atoms with E-state index in [0.717, 1.165) is 23.2 Å². The Morgan fingerprint density at radius 2 is 1.85 bits per heavy atom. The summed E-state index contributed by atoms with van der Waals surface area (Å²) in [5.41, 5.74) is 9.24. The molecule has 2 aromatic carbocycles. The van der Waals surface area contributed by atoms with Gasteiger partial charge in [-0.1, -0.05) is 54.0 Å². The second kappa shape index (κ2) is 6.42. The molecule has 0 aliphatic rings. The SMILES string of the molecule is CC(C)(CNCc1cccc(N)c1)c1cccc(Br)c1. The fourth-order valence-electron chi connectivity index (χ4n) is 2.23. The maximum atomic E-state index is 5.79. The molecule has 0 fully saturated rings. The van der Waals surface area contributed by atoms with Crippen LogP contribution in [-0.2, 0) is 12.0 Å². The fraction of sp³-hybridized carbons (Fsp3) is 0.294. The number of halogens is 1. The predicted octanol–water partition coefficient (Wildman–Crippen LogP) is 4.10. The highest BCUT2D eigenvalue weighted by Crippen LogP contribution is 2.25. The van der Waals surface area contributed by atoms with E-state index in [1.165, 1.54) is 11.1 Å². The summed E-state index contributed by atoms with van der Waals surface area (Å²) in [7, 11) is 0. The largest absolute Gasteiger partial charge is 0.399 e. The lowest BCUT2D eigenvalue weighted by Crippen LogP contribution is -2.32. The number of hydrogen-bond donors (Lipinski definition) is 2. The molecule has 0 aromatic heterocycles. The molecule has 0 bridgehead atoms. The minimum atomic E-state index is 0.0874. The van der Waals surface area contributed by atoms with Gasteiger partial charge in [-0.15, -0.1) is 0 Å². The van der Waals surface area contributed by atoms with Crippen molar-refractivity contribution in [2.45, 2.75) is 25.8 Å². The predicted molar refractivity (Wildman–Crippen MR) is 89.7 cm³/mol. The summed E-state index contributed by atoms with van der Waals surface area (Å²) < 4.78 is 1.12. The molecule has 0 atom stereocenters. The van der Waals surface area contributed by atoms with Crippen LogP contribution in [0.4, 0.5) is 5.69 Å². The van der Waals surface area contributed by atoms with E-state index in [1.54, 1.807) is 0 Å². The van der Waals surface area contributed by atoms with E-state index in [9.17, 15) is 0 Å². The number of benzene rings is 2. The molecule has 0 spiro atoms. The van der Waals surface area contributed by atoms with Gasteiger partial charge in [0, 0.05) is 28.7 Å². The lowest BCUT2D eigenvalue weighted by molar-refractivity contribution is 0.469. The molecule has 0 aliphatic carbocycles. The van der Waals surface area contributed by atoms with Crippen LogP contribution in [-0.4, -0.2) is 6.54 Å². The molecule has 2 rings (SSSR count). The van der Waals surface area contributed by atoms with Crippen LogP contribution in [0.25, 0.3) is 0 Å². The quantitative estimate of drug-likeness (QED) is 0.809. The van der Waals surface area contributed by atoms with Crippen LogP contribution in [0.5, 0.6) is 0 Å². The molecular formula is C17H21BrN2. The third-order valence-corrected chi connectivity index (χ3v) is 3.95. The van der Waals surface area contributed by atoms with Crippen molar-refractivity contribution in [1.29, 1.82) is 0 Å². The lowest BCUT2D eigenvalue weighted by atomic mass is 9.84. The molecular weight excluding hydrogens is 312 g/mol.